The van der Waals surface area contributed by atoms with Gasteiger partial charge in [-0.15, -0.1) is 0 Å². The summed E-state index contributed by atoms with van der Waals surface area (Å²) in [5.41, 5.74) is 22.0. The third kappa shape index (κ3) is 6.87. The fourth-order valence-corrected chi connectivity index (χ4v) is 11.0. The van der Waals surface area contributed by atoms with Crippen molar-refractivity contribution in [1.82, 2.24) is 4.57 Å². The Morgan fingerprint density at radius 3 is 1.34 bits per heavy atom. The number of aromatic nitrogens is 1. The van der Waals surface area contributed by atoms with Gasteiger partial charge in [-0.3, -0.25) is 0 Å². The van der Waals surface area contributed by atoms with Crippen molar-refractivity contribution >= 4 is 38.9 Å². The predicted octanol–water partition coefficient (Wildman–Crippen LogP) is 18.0. The average molecular weight is 859 g/mol. The van der Waals surface area contributed by atoms with Crippen molar-refractivity contribution in [2.75, 3.05) is 4.90 Å². The van der Waals surface area contributed by atoms with E-state index in [1.807, 2.05) is 0 Å². The van der Waals surface area contributed by atoms with E-state index in [0.717, 1.165) is 29.9 Å². The topological polar surface area (TPSA) is 8.17 Å². The number of hydrogen-bond donors (Lipinski definition) is 0. The summed E-state index contributed by atoms with van der Waals surface area (Å²) >= 11 is 0. The highest BCUT2D eigenvalue weighted by Crippen LogP contribution is 2.55. The zero-order valence-electron chi connectivity index (χ0n) is 37.9. The Morgan fingerprint density at radius 2 is 0.746 bits per heavy atom. The van der Waals surface area contributed by atoms with Crippen LogP contribution in [0.1, 0.15) is 37.8 Å². The van der Waals surface area contributed by atoms with Gasteiger partial charge in [0.05, 0.1) is 11.0 Å². The molecule has 2 nitrogen and oxygen atoms in total. The number of para-hydroxylation sites is 2. The minimum atomic E-state index is -0.156. The molecule has 0 spiro atoms. The van der Waals surface area contributed by atoms with E-state index in [2.05, 4.69) is 266 Å². The van der Waals surface area contributed by atoms with E-state index in [-0.39, 0.29) is 5.41 Å². The van der Waals surface area contributed by atoms with E-state index in [4.69, 9.17) is 0 Å². The van der Waals surface area contributed by atoms with Gasteiger partial charge in [0, 0.05) is 38.9 Å². The van der Waals surface area contributed by atoms with Crippen LogP contribution in [-0.2, 0) is 5.41 Å². The third-order valence-electron chi connectivity index (χ3n) is 14.5. The van der Waals surface area contributed by atoms with E-state index in [1.165, 1.54) is 94.3 Å². The molecule has 1 aliphatic rings. The monoisotopic (exact) mass is 858 g/mol. The van der Waals surface area contributed by atoms with Gasteiger partial charge in [-0.1, -0.05) is 190 Å². The molecule has 11 aromatic rings. The Hall–Kier alpha value is -8.20. The summed E-state index contributed by atoms with van der Waals surface area (Å²) in [5, 5.41) is 2.57. The molecule has 0 atom stereocenters. The van der Waals surface area contributed by atoms with Crippen LogP contribution in [-0.4, -0.2) is 4.57 Å². The highest BCUT2D eigenvalue weighted by Gasteiger charge is 2.41. The maximum atomic E-state index is 2.50. The summed E-state index contributed by atoms with van der Waals surface area (Å²) in [6.07, 6.45) is 1.99. The summed E-state index contributed by atoms with van der Waals surface area (Å²) in [4.78, 5) is 2.45. The van der Waals surface area contributed by atoms with Crippen LogP contribution in [0.25, 0.3) is 83.1 Å². The van der Waals surface area contributed by atoms with Crippen LogP contribution in [0.5, 0.6) is 0 Å². The zero-order chi connectivity index (χ0) is 44.9. The number of nitrogens with zero attached hydrogens (tertiary/aromatic N) is 2. The summed E-state index contributed by atoms with van der Waals surface area (Å²) in [7, 11) is 0. The Morgan fingerprint density at radius 1 is 0.328 bits per heavy atom. The molecule has 0 unspecified atom stereocenters. The molecule has 0 amide bonds. The van der Waals surface area contributed by atoms with E-state index in [1.54, 1.807) is 0 Å². The Bertz CT molecular complexity index is 3520. The standard InChI is InChI=1S/C65H50N2/c1-3-65(4-2)61-43-55(37-39-57(61)58-40-38-56(44-62(58)65)67-63-27-13-11-25-59(63)60-26-12-14-28-64(60)67)66(53-35-33-49(34-36-53)48-31-29-47(30-32-48)45-17-7-5-8-18-45)54-24-16-23-52(42-54)51-22-15-21-50(41-51)46-19-9-6-10-20-46/h5-44H,3-4H2,1-2H3. The van der Waals surface area contributed by atoms with Crippen molar-refractivity contribution in [3.8, 4) is 61.3 Å². The first-order valence-electron chi connectivity index (χ1n) is 23.7. The number of hydrogen-bond acceptors (Lipinski definition) is 1. The molecule has 1 heterocycles. The molecule has 0 N–H and O–H groups in total. The number of rotatable bonds is 10. The van der Waals surface area contributed by atoms with E-state index < -0.39 is 0 Å². The first-order chi connectivity index (χ1) is 33.1. The highest BCUT2D eigenvalue weighted by molar-refractivity contribution is 6.09. The largest absolute Gasteiger partial charge is 0.310 e. The molecule has 0 saturated carbocycles. The maximum absolute atomic E-state index is 2.50. The molecule has 12 rings (SSSR count). The number of fused-ring (bicyclic) bond motifs is 6. The molecule has 1 aliphatic carbocycles. The van der Waals surface area contributed by atoms with Crippen molar-refractivity contribution in [3.63, 3.8) is 0 Å². The SMILES string of the molecule is CCC1(CC)c2cc(N(c3ccc(-c4ccc(-c5ccccc5)cc4)cc3)c3cccc(-c4cccc(-c5ccccc5)c4)c3)ccc2-c2ccc(-n3c4ccccc4c4ccccc43)cc21. The number of benzene rings is 10. The molecule has 0 saturated heterocycles. The summed E-state index contributed by atoms with van der Waals surface area (Å²) < 4.78 is 2.46. The Labute approximate surface area is 393 Å². The van der Waals surface area contributed by atoms with Crippen molar-refractivity contribution in [3.05, 3.63) is 254 Å². The molecule has 0 bridgehead atoms. The minimum Gasteiger partial charge on any atom is -0.310 e. The molecule has 2 heteroatoms. The average Bonchev–Trinajstić information content (AvgIpc) is 3.89. The number of anilines is 3. The van der Waals surface area contributed by atoms with E-state index in [9.17, 15) is 0 Å². The van der Waals surface area contributed by atoms with Crippen molar-refractivity contribution < 1.29 is 0 Å². The van der Waals surface area contributed by atoms with E-state index in [0.29, 0.717) is 0 Å². The van der Waals surface area contributed by atoms with Gasteiger partial charge < -0.3 is 9.47 Å². The smallest absolute Gasteiger partial charge is 0.0541 e. The molecule has 0 fully saturated rings. The second-order valence-corrected chi connectivity index (χ2v) is 17.9. The van der Waals surface area contributed by atoms with Gasteiger partial charge in [0.15, 0.2) is 0 Å². The quantitative estimate of drug-likeness (QED) is 0.133. The van der Waals surface area contributed by atoms with E-state index >= 15 is 0 Å². The fourth-order valence-electron chi connectivity index (χ4n) is 11.0. The second-order valence-electron chi connectivity index (χ2n) is 17.9. The lowest BCUT2D eigenvalue weighted by molar-refractivity contribution is 0.490. The van der Waals surface area contributed by atoms with Gasteiger partial charge in [-0.25, -0.2) is 0 Å². The summed E-state index contributed by atoms with van der Waals surface area (Å²) in [6, 6.07) is 89.4. The van der Waals surface area contributed by atoms with Gasteiger partial charge in [0.1, 0.15) is 0 Å². The van der Waals surface area contributed by atoms with Crippen LogP contribution in [0.2, 0.25) is 0 Å². The minimum absolute atomic E-state index is 0.156. The lowest BCUT2D eigenvalue weighted by Crippen LogP contribution is -2.23. The molecule has 320 valence electrons. The maximum Gasteiger partial charge on any atom is 0.0541 e. The second kappa shape index (κ2) is 16.7. The van der Waals surface area contributed by atoms with Crippen molar-refractivity contribution in [1.29, 1.82) is 0 Å². The molecule has 0 radical (unpaired) electrons. The molecular weight excluding hydrogens is 809 g/mol. The van der Waals surface area contributed by atoms with Crippen LogP contribution < -0.4 is 4.90 Å². The molecular formula is C65H50N2. The normalized spacial score (nSPS) is 12.6. The van der Waals surface area contributed by atoms with Crippen LogP contribution >= 0.6 is 0 Å². The predicted molar refractivity (Wildman–Crippen MR) is 284 cm³/mol. The zero-order valence-corrected chi connectivity index (χ0v) is 37.9. The van der Waals surface area contributed by atoms with Gasteiger partial charge in [-0.2, -0.15) is 0 Å². The van der Waals surface area contributed by atoms with Crippen LogP contribution in [0, 0.1) is 0 Å². The van der Waals surface area contributed by atoms with Gasteiger partial charge in [-0.05, 0) is 146 Å². The molecule has 10 aromatic carbocycles. The first kappa shape index (κ1) is 40.3. The highest BCUT2D eigenvalue weighted by atomic mass is 15.1. The first-order valence-corrected chi connectivity index (χ1v) is 23.7. The van der Waals surface area contributed by atoms with Crippen LogP contribution in [0.15, 0.2) is 243 Å². The third-order valence-corrected chi connectivity index (χ3v) is 14.5. The lowest BCUT2D eigenvalue weighted by atomic mass is 9.73. The van der Waals surface area contributed by atoms with Crippen LogP contribution in [0.3, 0.4) is 0 Å². The Kier molecular flexibility index (Phi) is 10.0. The van der Waals surface area contributed by atoms with Gasteiger partial charge in [0.2, 0.25) is 0 Å². The van der Waals surface area contributed by atoms with Gasteiger partial charge >= 0.3 is 0 Å². The molecule has 1 aromatic heterocycles. The summed E-state index contributed by atoms with van der Waals surface area (Å²) in [5.74, 6) is 0. The van der Waals surface area contributed by atoms with Crippen LogP contribution in [0.4, 0.5) is 17.1 Å². The van der Waals surface area contributed by atoms with Crippen molar-refractivity contribution in [2.45, 2.75) is 32.1 Å². The molecule has 0 aliphatic heterocycles. The Balaban J connectivity index is 0.971. The lowest BCUT2D eigenvalue weighted by Gasteiger charge is -2.32. The van der Waals surface area contributed by atoms with Gasteiger partial charge in [0.25, 0.3) is 0 Å². The van der Waals surface area contributed by atoms with Crippen molar-refractivity contribution in [2.24, 2.45) is 0 Å². The summed E-state index contributed by atoms with van der Waals surface area (Å²) in [6.45, 7) is 4.75. The fraction of sp³-hybridized carbons (Fsp3) is 0.0769. The molecule has 67 heavy (non-hydrogen) atoms.